The predicted octanol–water partition coefficient (Wildman–Crippen LogP) is 3.93. The number of aryl methyl sites for hydroxylation is 2. The van der Waals surface area contributed by atoms with E-state index in [2.05, 4.69) is 10.6 Å². The minimum Gasteiger partial charge on any atom is -0.362 e. The van der Waals surface area contributed by atoms with E-state index < -0.39 is 10.0 Å². The lowest BCUT2D eigenvalue weighted by Crippen LogP contribution is -2.41. The zero-order valence-electron chi connectivity index (χ0n) is 18.9. The third-order valence-corrected chi connectivity index (χ3v) is 7.06. The van der Waals surface area contributed by atoms with E-state index in [-0.39, 0.29) is 24.3 Å². The third kappa shape index (κ3) is 5.11. The summed E-state index contributed by atoms with van der Waals surface area (Å²) in [5, 5.41) is 5.73. The molecular formula is C25H25N3O5S. The number of hydrogen-bond donors (Lipinski definition) is 2. The molecule has 0 radical (unpaired) electrons. The second kappa shape index (κ2) is 9.66. The van der Waals surface area contributed by atoms with Crippen molar-refractivity contribution in [3.8, 4) is 0 Å². The molecule has 1 fully saturated rings. The predicted molar refractivity (Wildman–Crippen MR) is 132 cm³/mol. The van der Waals surface area contributed by atoms with Gasteiger partial charge in [-0.2, -0.15) is 0 Å². The summed E-state index contributed by atoms with van der Waals surface area (Å²) in [5.74, 6) is -0.931. The van der Waals surface area contributed by atoms with Crippen LogP contribution in [0.25, 0.3) is 0 Å². The van der Waals surface area contributed by atoms with E-state index in [1.807, 2.05) is 19.1 Å². The molecule has 3 aromatic carbocycles. The van der Waals surface area contributed by atoms with Crippen molar-refractivity contribution in [3.05, 3.63) is 89.0 Å². The number of benzene rings is 3. The van der Waals surface area contributed by atoms with E-state index in [4.69, 9.17) is 4.74 Å². The fourth-order valence-corrected chi connectivity index (χ4v) is 4.92. The number of anilines is 3. The average molecular weight is 480 g/mol. The fourth-order valence-electron chi connectivity index (χ4n) is 3.68. The van der Waals surface area contributed by atoms with Crippen LogP contribution in [0, 0.1) is 13.8 Å². The van der Waals surface area contributed by atoms with Gasteiger partial charge >= 0.3 is 0 Å². The summed E-state index contributed by atoms with van der Waals surface area (Å²) in [4.78, 5) is 25.5. The van der Waals surface area contributed by atoms with Gasteiger partial charge in [-0.25, -0.2) is 8.42 Å². The van der Waals surface area contributed by atoms with Gasteiger partial charge in [0.2, 0.25) is 0 Å². The molecule has 1 saturated heterocycles. The summed E-state index contributed by atoms with van der Waals surface area (Å²) < 4.78 is 30.9. The van der Waals surface area contributed by atoms with Gasteiger partial charge in [0.15, 0.2) is 5.94 Å². The highest BCUT2D eigenvalue weighted by Gasteiger charge is 2.27. The molecule has 1 heterocycles. The summed E-state index contributed by atoms with van der Waals surface area (Å²) >= 11 is 0. The van der Waals surface area contributed by atoms with Crippen LogP contribution in [0.1, 0.15) is 31.8 Å². The minimum atomic E-state index is -3.54. The van der Waals surface area contributed by atoms with Crippen molar-refractivity contribution in [2.75, 3.05) is 34.0 Å². The van der Waals surface area contributed by atoms with Crippen LogP contribution < -0.4 is 14.9 Å². The number of sulfonamides is 1. The maximum absolute atomic E-state index is 12.9. The lowest BCUT2D eigenvalue weighted by atomic mass is 10.1. The second-order valence-electron chi connectivity index (χ2n) is 8.01. The highest BCUT2D eigenvalue weighted by atomic mass is 32.2. The Hall–Kier alpha value is -3.69. The molecule has 1 aliphatic heterocycles. The smallest absolute Gasteiger partial charge is 0.259 e. The summed E-state index contributed by atoms with van der Waals surface area (Å²) in [6.45, 7) is 4.17. The first-order valence-electron chi connectivity index (χ1n) is 10.7. The number of nitrogens with one attached hydrogen (secondary N) is 2. The van der Waals surface area contributed by atoms with Gasteiger partial charge in [0.1, 0.15) is 0 Å². The van der Waals surface area contributed by atoms with Crippen LogP contribution in [0.4, 0.5) is 17.1 Å². The molecule has 0 spiro atoms. The Balaban J connectivity index is 1.50. The lowest BCUT2D eigenvalue weighted by molar-refractivity contribution is 0.101. The normalized spacial score (nSPS) is 14.9. The topological polar surface area (TPSA) is 105 Å². The molecule has 0 unspecified atom stereocenters. The molecule has 0 bridgehead atoms. The molecule has 2 N–H and O–H groups in total. The molecule has 0 aliphatic carbocycles. The van der Waals surface area contributed by atoms with Crippen molar-refractivity contribution in [2.45, 2.75) is 13.8 Å². The van der Waals surface area contributed by atoms with Gasteiger partial charge in [0, 0.05) is 22.5 Å². The first-order chi connectivity index (χ1) is 16.2. The molecule has 0 aromatic heterocycles. The van der Waals surface area contributed by atoms with Crippen molar-refractivity contribution < 1.29 is 22.7 Å². The summed E-state index contributed by atoms with van der Waals surface area (Å²) in [7, 11) is -3.54. The van der Waals surface area contributed by atoms with Crippen molar-refractivity contribution in [2.24, 2.45) is 0 Å². The third-order valence-electron chi connectivity index (χ3n) is 5.53. The Kier molecular flexibility index (Phi) is 6.67. The number of nitrogens with zero attached hydrogens (tertiary/aromatic N) is 1. The molecule has 8 nitrogen and oxygen atoms in total. The monoisotopic (exact) mass is 479 g/mol. The van der Waals surface area contributed by atoms with Gasteiger partial charge in [-0.3, -0.25) is 13.9 Å². The van der Waals surface area contributed by atoms with Crippen LogP contribution in [0.2, 0.25) is 0 Å². The second-order valence-corrected chi connectivity index (χ2v) is 9.85. The van der Waals surface area contributed by atoms with Crippen LogP contribution in [0.15, 0.2) is 66.7 Å². The molecule has 4 rings (SSSR count). The molecule has 0 saturated carbocycles. The van der Waals surface area contributed by atoms with Crippen molar-refractivity contribution in [1.82, 2.24) is 0 Å². The van der Waals surface area contributed by atoms with Crippen molar-refractivity contribution >= 4 is 38.9 Å². The Labute approximate surface area is 198 Å². The summed E-state index contributed by atoms with van der Waals surface area (Å²) in [5.41, 5.74) is 4.07. The number of hydrogen-bond acceptors (Lipinski definition) is 5. The zero-order chi connectivity index (χ0) is 24.3. The van der Waals surface area contributed by atoms with Crippen LogP contribution >= 0.6 is 0 Å². The number of carbonyl (C=O) groups excluding carboxylic acids is 2. The van der Waals surface area contributed by atoms with Crippen LogP contribution in [0.3, 0.4) is 0 Å². The largest absolute Gasteiger partial charge is 0.362 e. The SMILES string of the molecule is Cc1ccc(NC(=O)c2ccc(N3CCOCS3(=O)=O)cc2C)cc1NC(=O)c1ccccc1. The maximum Gasteiger partial charge on any atom is 0.259 e. The molecule has 34 heavy (non-hydrogen) atoms. The molecule has 2 amide bonds. The molecular weight excluding hydrogens is 454 g/mol. The van der Waals surface area contributed by atoms with E-state index in [1.165, 1.54) is 4.31 Å². The molecule has 176 valence electrons. The Morgan fingerprint density at radius 2 is 1.65 bits per heavy atom. The number of amides is 2. The van der Waals surface area contributed by atoms with Crippen LogP contribution in [0.5, 0.6) is 0 Å². The summed E-state index contributed by atoms with van der Waals surface area (Å²) in [6, 6.07) is 19.1. The van der Waals surface area contributed by atoms with Gasteiger partial charge in [0.05, 0.1) is 18.8 Å². The van der Waals surface area contributed by atoms with E-state index in [1.54, 1.807) is 61.5 Å². The van der Waals surface area contributed by atoms with Gasteiger partial charge in [0.25, 0.3) is 21.8 Å². The average Bonchev–Trinajstić information content (AvgIpc) is 2.81. The zero-order valence-corrected chi connectivity index (χ0v) is 19.7. The standard InChI is InChI=1S/C25H25N3O5S/c1-17-8-9-20(15-23(17)27-24(29)19-6-4-3-5-7-19)26-25(30)22-11-10-21(14-18(22)2)28-12-13-33-16-34(28,31)32/h3-11,14-15H,12-13,16H2,1-2H3,(H,26,30)(H,27,29). The summed E-state index contributed by atoms with van der Waals surface area (Å²) in [6.07, 6.45) is 0. The first kappa shape index (κ1) is 23.5. The molecule has 3 aromatic rings. The quantitative estimate of drug-likeness (QED) is 0.577. The fraction of sp³-hybridized carbons (Fsp3) is 0.200. The van der Waals surface area contributed by atoms with Gasteiger partial charge < -0.3 is 15.4 Å². The molecule has 9 heteroatoms. The Bertz CT molecular complexity index is 1340. The van der Waals surface area contributed by atoms with Crippen LogP contribution in [-0.2, 0) is 14.8 Å². The highest BCUT2D eigenvalue weighted by molar-refractivity contribution is 7.92. The maximum atomic E-state index is 12.9. The molecule has 0 atom stereocenters. The van der Waals surface area contributed by atoms with Gasteiger partial charge in [-0.1, -0.05) is 24.3 Å². The number of ether oxygens (including phenoxy) is 1. The van der Waals surface area contributed by atoms with Crippen LogP contribution in [-0.4, -0.2) is 39.3 Å². The highest BCUT2D eigenvalue weighted by Crippen LogP contribution is 2.26. The van der Waals surface area contributed by atoms with E-state index in [9.17, 15) is 18.0 Å². The lowest BCUT2D eigenvalue weighted by Gasteiger charge is -2.28. The molecule has 1 aliphatic rings. The van der Waals surface area contributed by atoms with E-state index >= 15 is 0 Å². The Morgan fingerprint density at radius 1 is 0.882 bits per heavy atom. The van der Waals surface area contributed by atoms with Gasteiger partial charge in [-0.05, 0) is 67.4 Å². The van der Waals surface area contributed by atoms with Gasteiger partial charge in [-0.15, -0.1) is 0 Å². The van der Waals surface area contributed by atoms with E-state index in [0.717, 1.165) is 5.56 Å². The number of carbonyl (C=O) groups is 2. The van der Waals surface area contributed by atoms with E-state index in [0.29, 0.717) is 40.4 Å². The van der Waals surface area contributed by atoms with Crippen molar-refractivity contribution in [1.29, 1.82) is 0 Å². The Morgan fingerprint density at radius 3 is 2.35 bits per heavy atom. The number of rotatable bonds is 5. The first-order valence-corrected chi connectivity index (χ1v) is 12.3. The van der Waals surface area contributed by atoms with Crippen molar-refractivity contribution in [3.63, 3.8) is 0 Å². The minimum absolute atomic E-state index is 0.230.